The maximum atomic E-state index is 12.2. The fourth-order valence-electron chi connectivity index (χ4n) is 2.67. The third kappa shape index (κ3) is 2.84. The van der Waals surface area contributed by atoms with Gasteiger partial charge in [0.2, 0.25) is 0 Å². The first-order valence-corrected chi connectivity index (χ1v) is 7.52. The van der Waals surface area contributed by atoms with Crippen molar-refractivity contribution in [3.8, 4) is 0 Å². The second-order valence-electron chi connectivity index (χ2n) is 4.97. The molecule has 0 aliphatic heterocycles. The maximum absolute atomic E-state index is 12.2. The number of rotatable bonds is 3. The van der Waals surface area contributed by atoms with E-state index in [-0.39, 0.29) is 5.56 Å². The summed E-state index contributed by atoms with van der Waals surface area (Å²) in [6.07, 6.45) is 9.40. The van der Waals surface area contributed by atoms with Crippen molar-refractivity contribution in [1.29, 1.82) is 0 Å². The van der Waals surface area contributed by atoms with Gasteiger partial charge in [-0.2, -0.15) is 0 Å². The molecule has 4 heteroatoms. The summed E-state index contributed by atoms with van der Waals surface area (Å²) in [6.45, 7) is 2.13. The minimum Gasteiger partial charge on any atom is -0.298 e. The van der Waals surface area contributed by atoms with Gasteiger partial charge in [-0.3, -0.25) is 9.89 Å². The molecule has 0 aromatic carbocycles. The van der Waals surface area contributed by atoms with Crippen molar-refractivity contribution in [3.63, 3.8) is 0 Å². The largest absolute Gasteiger partial charge is 0.298 e. The fraction of sp³-hybridized carbons (Fsp3) is 0.769. The van der Waals surface area contributed by atoms with Crippen LogP contribution in [0.5, 0.6) is 0 Å². The molecule has 1 heterocycles. The van der Waals surface area contributed by atoms with E-state index in [0.717, 1.165) is 35.8 Å². The van der Waals surface area contributed by atoms with E-state index in [1.807, 2.05) is 4.68 Å². The van der Waals surface area contributed by atoms with Crippen molar-refractivity contribution in [2.45, 2.75) is 64.3 Å². The maximum Gasteiger partial charge on any atom is 0.281 e. The highest BCUT2D eigenvalue weighted by Crippen LogP contribution is 2.26. The lowest BCUT2D eigenvalue weighted by Crippen LogP contribution is -2.22. The van der Waals surface area contributed by atoms with Crippen LogP contribution in [0.25, 0.3) is 0 Å². The Labute approximate surface area is 111 Å². The van der Waals surface area contributed by atoms with Crippen LogP contribution in [0.1, 0.15) is 63.6 Å². The molecule has 1 fully saturated rings. The number of H-pyrrole nitrogens is 1. The van der Waals surface area contributed by atoms with Gasteiger partial charge in [0.05, 0.1) is 11.7 Å². The van der Waals surface area contributed by atoms with Gasteiger partial charge in [-0.05, 0) is 35.2 Å². The normalized spacial score (nSPS) is 18.2. The van der Waals surface area contributed by atoms with E-state index >= 15 is 0 Å². The number of hydrogen-bond donors (Lipinski definition) is 1. The van der Waals surface area contributed by atoms with Crippen molar-refractivity contribution in [2.75, 3.05) is 0 Å². The lowest BCUT2D eigenvalue weighted by atomic mass is 10.1. The van der Waals surface area contributed by atoms with Crippen LogP contribution in [-0.4, -0.2) is 9.78 Å². The van der Waals surface area contributed by atoms with Gasteiger partial charge in [0, 0.05) is 0 Å². The molecule has 0 spiro atoms. The second-order valence-corrected chi connectivity index (χ2v) is 5.77. The molecular weight excluding hydrogens is 280 g/mol. The Morgan fingerprint density at radius 3 is 2.53 bits per heavy atom. The molecule has 1 saturated carbocycles. The highest BCUT2D eigenvalue weighted by molar-refractivity contribution is 9.10. The molecule has 96 valence electrons. The SMILES string of the molecule is CCCc1[nH]n(C2CCCCCC2)c(=O)c1Br. The average Bonchev–Trinajstić information content (AvgIpc) is 2.56. The van der Waals surface area contributed by atoms with Gasteiger partial charge in [0.1, 0.15) is 4.47 Å². The lowest BCUT2D eigenvalue weighted by molar-refractivity contribution is 0.393. The van der Waals surface area contributed by atoms with Gasteiger partial charge in [0.25, 0.3) is 5.56 Å². The molecule has 0 saturated heterocycles. The standard InChI is InChI=1S/C13H21BrN2O/c1-2-7-11-12(14)13(17)16(15-11)10-8-5-3-4-6-9-10/h10,15H,2-9H2,1H3. The minimum atomic E-state index is 0.125. The smallest absolute Gasteiger partial charge is 0.281 e. The van der Waals surface area contributed by atoms with E-state index in [4.69, 9.17) is 0 Å². The van der Waals surface area contributed by atoms with Gasteiger partial charge < -0.3 is 0 Å². The zero-order valence-corrected chi connectivity index (χ0v) is 12.1. The number of aromatic amines is 1. The quantitative estimate of drug-likeness (QED) is 0.848. The Bertz CT molecular complexity index is 414. The number of aryl methyl sites for hydroxylation is 1. The zero-order chi connectivity index (χ0) is 12.3. The van der Waals surface area contributed by atoms with Gasteiger partial charge in [-0.15, -0.1) is 0 Å². The molecule has 1 aromatic heterocycles. The van der Waals surface area contributed by atoms with Crippen molar-refractivity contribution >= 4 is 15.9 Å². The highest BCUT2D eigenvalue weighted by atomic mass is 79.9. The number of nitrogens with zero attached hydrogens (tertiary/aromatic N) is 1. The lowest BCUT2D eigenvalue weighted by Gasteiger charge is -2.14. The summed E-state index contributed by atoms with van der Waals surface area (Å²) in [6, 6.07) is 0.381. The average molecular weight is 301 g/mol. The van der Waals surface area contributed by atoms with Crippen LogP contribution in [-0.2, 0) is 6.42 Å². The molecule has 0 amide bonds. The Hall–Kier alpha value is -0.510. The first-order valence-electron chi connectivity index (χ1n) is 6.73. The number of hydrogen-bond acceptors (Lipinski definition) is 1. The highest BCUT2D eigenvalue weighted by Gasteiger charge is 2.19. The van der Waals surface area contributed by atoms with E-state index in [1.54, 1.807) is 0 Å². The molecule has 0 unspecified atom stereocenters. The molecule has 1 aliphatic carbocycles. The predicted molar refractivity (Wildman–Crippen MR) is 73.5 cm³/mol. The van der Waals surface area contributed by atoms with Crippen LogP contribution in [0.4, 0.5) is 0 Å². The summed E-state index contributed by atoms with van der Waals surface area (Å²) in [5.41, 5.74) is 1.18. The first kappa shape index (κ1) is 12.9. The number of nitrogens with one attached hydrogen (secondary N) is 1. The van der Waals surface area contributed by atoms with Gasteiger partial charge in [0.15, 0.2) is 0 Å². The molecule has 2 rings (SSSR count). The fourth-order valence-corrected chi connectivity index (χ4v) is 3.15. The van der Waals surface area contributed by atoms with Gasteiger partial charge in [-0.25, -0.2) is 4.68 Å². The molecule has 17 heavy (non-hydrogen) atoms. The molecule has 1 aromatic rings. The van der Waals surface area contributed by atoms with Crippen LogP contribution >= 0.6 is 15.9 Å². The Morgan fingerprint density at radius 2 is 1.94 bits per heavy atom. The summed E-state index contributed by atoms with van der Waals surface area (Å²) in [5, 5.41) is 3.31. The van der Waals surface area contributed by atoms with Crippen LogP contribution in [0.2, 0.25) is 0 Å². The summed E-state index contributed by atoms with van der Waals surface area (Å²) in [4.78, 5) is 12.2. The first-order chi connectivity index (χ1) is 8.24. The van der Waals surface area contributed by atoms with E-state index in [1.165, 1.54) is 25.7 Å². The number of halogens is 1. The van der Waals surface area contributed by atoms with Gasteiger partial charge in [-0.1, -0.05) is 39.0 Å². The van der Waals surface area contributed by atoms with Crippen LogP contribution < -0.4 is 5.56 Å². The van der Waals surface area contributed by atoms with Crippen molar-refractivity contribution in [3.05, 3.63) is 20.5 Å². The molecule has 0 radical (unpaired) electrons. The van der Waals surface area contributed by atoms with Crippen molar-refractivity contribution in [2.24, 2.45) is 0 Å². The van der Waals surface area contributed by atoms with Crippen molar-refractivity contribution < 1.29 is 0 Å². The minimum absolute atomic E-state index is 0.125. The van der Waals surface area contributed by atoms with E-state index in [2.05, 4.69) is 28.0 Å². The van der Waals surface area contributed by atoms with Crippen LogP contribution in [0, 0.1) is 0 Å². The van der Waals surface area contributed by atoms with E-state index in [9.17, 15) is 4.79 Å². The van der Waals surface area contributed by atoms with Crippen molar-refractivity contribution in [1.82, 2.24) is 9.78 Å². The molecule has 0 atom stereocenters. The molecule has 0 bridgehead atoms. The van der Waals surface area contributed by atoms with Crippen LogP contribution in [0.3, 0.4) is 0 Å². The van der Waals surface area contributed by atoms with Crippen LogP contribution in [0.15, 0.2) is 9.27 Å². The monoisotopic (exact) mass is 300 g/mol. The molecule has 3 nitrogen and oxygen atoms in total. The Balaban J connectivity index is 2.24. The van der Waals surface area contributed by atoms with Gasteiger partial charge >= 0.3 is 0 Å². The summed E-state index contributed by atoms with van der Waals surface area (Å²) >= 11 is 3.42. The second kappa shape index (κ2) is 5.89. The predicted octanol–water partition coefficient (Wildman–Crippen LogP) is 3.79. The number of aromatic nitrogens is 2. The third-order valence-corrected chi connectivity index (χ3v) is 4.43. The summed E-state index contributed by atoms with van der Waals surface area (Å²) < 4.78 is 2.60. The van der Waals surface area contributed by atoms with E-state index < -0.39 is 0 Å². The third-order valence-electron chi connectivity index (χ3n) is 3.62. The molecule has 1 aliphatic rings. The summed E-state index contributed by atoms with van der Waals surface area (Å²) in [5.74, 6) is 0. The summed E-state index contributed by atoms with van der Waals surface area (Å²) in [7, 11) is 0. The molecule has 1 N–H and O–H groups in total. The Morgan fingerprint density at radius 1 is 1.29 bits per heavy atom. The van der Waals surface area contributed by atoms with E-state index in [0.29, 0.717) is 6.04 Å². The Kier molecular flexibility index (Phi) is 4.48. The molecular formula is C13H21BrN2O. The topological polar surface area (TPSA) is 37.8 Å². The zero-order valence-electron chi connectivity index (χ0n) is 10.5.